The number of rotatable bonds is 5. The molecule has 1 fully saturated rings. The Hall–Kier alpha value is -2.39. The first-order chi connectivity index (χ1) is 11.7. The number of hydrogen-bond donors (Lipinski definition) is 0. The average Bonchev–Trinajstić information content (AvgIpc) is 3.04. The summed E-state index contributed by atoms with van der Waals surface area (Å²) < 4.78 is 19.8. The fraction of sp³-hybridized carbons (Fsp3) is 0.467. The van der Waals surface area contributed by atoms with Gasteiger partial charge in [0, 0.05) is 33.3 Å². The van der Waals surface area contributed by atoms with Gasteiger partial charge in [-0.25, -0.2) is 4.39 Å². The zero-order valence-corrected chi connectivity index (χ0v) is 13.4. The summed E-state index contributed by atoms with van der Waals surface area (Å²) in [5.74, 6) is 0.304. The Balaban J connectivity index is 1.62. The van der Waals surface area contributed by atoms with Crippen molar-refractivity contribution in [2.75, 3.05) is 39.9 Å². The molecule has 1 saturated heterocycles. The van der Waals surface area contributed by atoms with Crippen LogP contribution in [0.25, 0.3) is 5.69 Å². The fourth-order valence-corrected chi connectivity index (χ4v) is 2.68. The van der Waals surface area contributed by atoms with Crippen molar-refractivity contribution in [3.63, 3.8) is 0 Å². The Labute approximate surface area is 138 Å². The molecular formula is C15H19FN6O2. The Bertz CT molecular complexity index is 699. The zero-order valence-electron chi connectivity index (χ0n) is 13.4. The van der Waals surface area contributed by atoms with Crippen LogP contribution in [-0.2, 0) is 16.1 Å². The molecule has 0 N–H and O–H groups in total. The van der Waals surface area contributed by atoms with E-state index in [1.165, 1.54) is 23.9 Å². The van der Waals surface area contributed by atoms with Crippen LogP contribution in [0, 0.1) is 5.82 Å². The average molecular weight is 334 g/mol. The second kappa shape index (κ2) is 7.45. The lowest BCUT2D eigenvalue weighted by atomic mass is 10.3. The maximum atomic E-state index is 13.4. The van der Waals surface area contributed by atoms with E-state index in [0.717, 1.165) is 13.1 Å². The summed E-state index contributed by atoms with van der Waals surface area (Å²) in [6.07, 6.45) is 0. The van der Waals surface area contributed by atoms with E-state index in [1.807, 2.05) is 0 Å². The quantitative estimate of drug-likeness (QED) is 0.771. The van der Waals surface area contributed by atoms with Gasteiger partial charge in [-0.1, -0.05) is 6.07 Å². The smallest absolute Gasteiger partial charge is 0.248 e. The highest BCUT2D eigenvalue weighted by Gasteiger charge is 2.22. The van der Waals surface area contributed by atoms with Crippen molar-refractivity contribution in [3.8, 4) is 5.69 Å². The van der Waals surface area contributed by atoms with E-state index >= 15 is 0 Å². The summed E-state index contributed by atoms with van der Waals surface area (Å²) >= 11 is 0. The highest BCUT2D eigenvalue weighted by Crippen LogP contribution is 2.12. The van der Waals surface area contributed by atoms with Crippen LogP contribution in [0.2, 0.25) is 0 Å². The summed E-state index contributed by atoms with van der Waals surface area (Å²) in [5.41, 5.74) is 0.587. The highest BCUT2D eigenvalue weighted by molar-refractivity contribution is 5.77. The van der Waals surface area contributed by atoms with Crippen LogP contribution in [0.3, 0.4) is 0 Å². The number of nitrogens with zero attached hydrogens (tertiary/aromatic N) is 6. The van der Waals surface area contributed by atoms with Gasteiger partial charge in [0.2, 0.25) is 5.91 Å². The minimum Gasteiger partial charge on any atom is -0.375 e. The van der Waals surface area contributed by atoms with E-state index in [1.54, 1.807) is 17.0 Å². The molecule has 9 heteroatoms. The van der Waals surface area contributed by atoms with Crippen molar-refractivity contribution in [2.24, 2.45) is 0 Å². The number of carbonyl (C=O) groups is 1. The lowest BCUT2D eigenvalue weighted by molar-refractivity contribution is -0.136. The molecule has 0 atom stereocenters. The van der Waals surface area contributed by atoms with Gasteiger partial charge in [-0.05, 0) is 28.6 Å². The molecule has 1 aromatic heterocycles. The normalized spacial score (nSPS) is 15.7. The summed E-state index contributed by atoms with van der Waals surface area (Å²) in [6.45, 7) is 3.39. The lowest BCUT2D eigenvalue weighted by Gasteiger charge is -2.34. The van der Waals surface area contributed by atoms with Crippen molar-refractivity contribution in [2.45, 2.75) is 6.54 Å². The first-order valence-corrected chi connectivity index (χ1v) is 7.69. The number of benzene rings is 1. The molecule has 2 heterocycles. The van der Waals surface area contributed by atoms with Crippen molar-refractivity contribution >= 4 is 5.91 Å². The predicted octanol–water partition coefficient (Wildman–Crippen LogP) is 0.0920. The van der Waals surface area contributed by atoms with Gasteiger partial charge in [0.25, 0.3) is 0 Å². The Morgan fingerprint density at radius 2 is 2.08 bits per heavy atom. The zero-order chi connectivity index (χ0) is 16.9. The molecule has 2 aromatic rings. The predicted molar refractivity (Wildman–Crippen MR) is 82.8 cm³/mol. The fourth-order valence-electron chi connectivity index (χ4n) is 2.68. The molecule has 0 radical (unpaired) electrons. The Kier molecular flexibility index (Phi) is 5.11. The van der Waals surface area contributed by atoms with Crippen LogP contribution in [0.15, 0.2) is 24.3 Å². The van der Waals surface area contributed by atoms with E-state index < -0.39 is 0 Å². The maximum absolute atomic E-state index is 13.4. The molecule has 0 spiro atoms. The van der Waals surface area contributed by atoms with E-state index in [0.29, 0.717) is 31.1 Å². The van der Waals surface area contributed by atoms with Crippen molar-refractivity contribution < 1.29 is 13.9 Å². The molecule has 1 aliphatic heterocycles. The molecule has 0 saturated carbocycles. The van der Waals surface area contributed by atoms with E-state index in [9.17, 15) is 9.18 Å². The lowest BCUT2D eigenvalue weighted by Crippen LogP contribution is -2.49. The van der Waals surface area contributed by atoms with Crippen molar-refractivity contribution in [1.82, 2.24) is 30.0 Å². The standard InChI is InChI=1S/C15H19FN6O2/c1-24-11-15(23)21-7-5-20(6-8-21)10-14-17-18-19-22(14)13-4-2-3-12(16)9-13/h2-4,9H,5-8,10-11H2,1H3. The molecule has 3 rings (SSSR count). The second-order valence-electron chi connectivity index (χ2n) is 5.58. The van der Waals surface area contributed by atoms with Crippen LogP contribution in [0.1, 0.15) is 5.82 Å². The van der Waals surface area contributed by atoms with Crippen LogP contribution in [0.5, 0.6) is 0 Å². The Morgan fingerprint density at radius 3 is 2.79 bits per heavy atom. The Morgan fingerprint density at radius 1 is 1.29 bits per heavy atom. The van der Waals surface area contributed by atoms with Gasteiger partial charge in [-0.15, -0.1) is 5.10 Å². The van der Waals surface area contributed by atoms with Gasteiger partial charge >= 0.3 is 0 Å². The summed E-state index contributed by atoms with van der Waals surface area (Å²) in [4.78, 5) is 15.8. The number of halogens is 1. The third-order valence-corrected chi connectivity index (χ3v) is 3.94. The number of tetrazole rings is 1. The molecular weight excluding hydrogens is 315 g/mol. The summed E-state index contributed by atoms with van der Waals surface area (Å²) in [5, 5.41) is 11.7. The molecule has 1 aliphatic rings. The molecule has 8 nitrogen and oxygen atoms in total. The first kappa shape index (κ1) is 16.5. The van der Waals surface area contributed by atoms with Crippen LogP contribution in [-0.4, -0.2) is 75.8 Å². The molecule has 0 unspecified atom stereocenters. The first-order valence-electron chi connectivity index (χ1n) is 7.69. The van der Waals surface area contributed by atoms with Gasteiger partial charge in [-0.2, -0.15) is 4.68 Å². The molecule has 1 aromatic carbocycles. The minimum atomic E-state index is -0.334. The second-order valence-corrected chi connectivity index (χ2v) is 5.58. The van der Waals surface area contributed by atoms with E-state index in [-0.39, 0.29) is 18.3 Å². The van der Waals surface area contributed by atoms with Crippen molar-refractivity contribution in [1.29, 1.82) is 0 Å². The number of ether oxygens (including phenoxy) is 1. The van der Waals surface area contributed by atoms with Gasteiger partial charge in [0.15, 0.2) is 5.82 Å². The number of aromatic nitrogens is 4. The number of amides is 1. The number of methoxy groups -OCH3 is 1. The number of hydrogen-bond acceptors (Lipinski definition) is 6. The van der Waals surface area contributed by atoms with Gasteiger partial charge in [0.1, 0.15) is 12.4 Å². The monoisotopic (exact) mass is 334 g/mol. The molecule has 0 bridgehead atoms. The minimum absolute atomic E-state index is 0.00162. The largest absolute Gasteiger partial charge is 0.375 e. The van der Waals surface area contributed by atoms with Crippen LogP contribution >= 0.6 is 0 Å². The SMILES string of the molecule is COCC(=O)N1CCN(Cc2nnnn2-c2cccc(F)c2)CC1. The summed E-state index contributed by atoms with van der Waals surface area (Å²) in [7, 11) is 1.51. The van der Waals surface area contributed by atoms with E-state index in [2.05, 4.69) is 20.4 Å². The molecule has 128 valence electrons. The van der Waals surface area contributed by atoms with Gasteiger partial charge in [0.05, 0.1) is 12.2 Å². The molecule has 0 aliphatic carbocycles. The van der Waals surface area contributed by atoms with Crippen LogP contribution < -0.4 is 0 Å². The van der Waals surface area contributed by atoms with E-state index in [4.69, 9.17) is 4.74 Å². The topological polar surface area (TPSA) is 76.4 Å². The maximum Gasteiger partial charge on any atom is 0.248 e. The molecule has 1 amide bonds. The van der Waals surface area contributed by atoms with Gasteiger partial charge in [-0.3, -0.25) is 9.69 Å². The van der Waals surface area contributed by atoms with Crippen LogP contribution in [0.4, 0.5) is 4.39 Å². The number of piperazine rings is 1. The summed E-state index contributed by atoms with van der Waals surface area (Å²) in [6, 6.07) is 6.14. The third-order valence-electron chi connectivity index (χ3n) is 3.94. The third kappa shape index (κ3) is 3.74. The number of carbonyl (C=O) groups excluding carboxylic acids is 1. The van der Waals surface area contributed by atoms with Crippen molar-refractivity contribution in [3.05, 3.63) is 35.9 Å². The highest BCUT2D eigenvalue weighted by atomic mass is 19.1. The molecule has 24 heavy (non-hydrogen) atoms. The van der Waals surface area contributed by atoms with Gasteiger partial charge < -0.3 is 9.64 Å².